The molecule has 3 nitrogen and oxygen atoms in total. The molecule has 0 aliphatic carbocycles. The molecule has 1 atom stereocenters. The minimum atomic E-state index is -0.145. The minimum absolute atomic E-state index is 0.101. The van der Waals surface area contributed by atoms with Crippen molar-refractivity contribution in [2.75, 3.05) is 5.73 Å². The molecule has 2 aromatic carbocycles. The van der Waals surface area contributed by atoms with Crippen LogP contribution in [-0.2, 0) is 0 Å². The number of nitrogen functional groups attached to an aromatic ring is 1. The Morgan fingerprint density at radius 1 is 1.25 bits per heavy atom. The van der Waals surface area contributed by atoms with Gasteiger partial charge in [-0.2, -0.15) is 0 Å². The highest BCUT2D eigenvalue weighted by molar-refractivity contribution is 9.10. The summed E-state index contributed by atoms with van der Waals surface area (Å²) in [6, 6.07) is 12.4. The Morgan fingerprint density at radius 2 is 1.90 bits per heavy atom. The lowest BCUT2D eigenvalue weighted by molar-refractivity contribution is 0.0940. The highest BCUT2D eigenvalue weighted by atomic mass is 79.9. The summed E-state index contributed by atoms with van der Waals surface area (Å²) in [6.45, 7) is 1.92. The number of carbonyl (C=O) groups is 1. The fourth-order valence-electron chi connectivity index (χ4n) is 1.78. The molecule has 0 saturated carbocycles. The predicted octanol–water partition coefficient (Wildman–Crippen LogP) is 4.18. The van der Waals surface area contributed by atoms with E-state index in [9.17, 15) is 4.79 Å². The van der Waals surface area contributed by atoms with Gasteiger partial charge in [-0.05, 0) is 58.7 Å². The third-order valence-corrected chi connectivity index (χ3v) is 3.92. The normalized spacial score (nSPS) is 11.9. The molecule has 2 aromatic rings. The number of nitrogens with two attached hydrogens (primary N) is 1. The van der Waals surface area contributed by atoms with Crippen molar-refractivity contribution in [1.29, 1.82) is 0 Å². The second-order valence-corrected chi connectivity index (χ2v) is 5.77. The quantitative estimate of drug-likeness (QED) is 0.813. The molecule has 0 aliphatic heterocycles. The van der Waals surface area contributed by atoms with E-state index in [1.807, 2.05) is 19.1 Å². The van der Waals surface area contributed by atoms with Crippen molar-refractivity contribution in [3.8, 4) is 0 Å². The van der Waals surface area contributed by atoms with E-state index in [-0.39, 0.29) is 11.9 Å². The fraction of sp³-hybridized carbons (Fsp3) is 0.133. The summed E-state index contributed by atoms with van der Waals surface area (Å²) in [5, 5.41) is 3.61. The highest BCUT2D eigenvalue weighted by Gasteiger charge is 2.12. The summed E-state index contributed by atoms with van der Waals surface area (Å²) in [4.78, 5) is 12.2. The van der Waals surface area contributed by atoms with Gasteiger partial charge in [0.1, 0.15) is 0 Å². The molecule has 1 unspecified atom stereocenters. The van der Waals surface area contributed by atoms with Gasteiger partial charge in [0.15, 0.2) is 0 Å². The largest absolute Gasteiger partial charge is 0.398 e. The summed E-state index contributed by atoms with van der Waals surface area (Å²) in [5.74, 6) is -0.145. The lowest BCUT2D eigenvalue weighted by Gasteiger charge is -2.15. The number of benzene rings is 2. The Hall–Kier alpha value is -1.52. The van der Waals surface area contributed by atoms with E-state index in [1.54, 1.807) is 30.3 Å². The molecule has 2 rings (SSSR count). The molecular weight excluding hydrogens is 340 g/mol. The Kier molecular flexibility index (Phi) is 4.68. The molecule has 3 N–H and O–H groups in total. The molecule has 0 aromatic heterocycles. The van der Waals surface area contributed by atoms with E-state index in [1.165, 1.54) is 0 Å². The van der Waals surface area contributed by atoms with Crippen molar-refractivity contribution in [2.24, 2.45) is 0 Å². The molecule has 0 fully saturated rings. The second-order valence-electron chi connectivity index (χ2n) is 4.48. The van der Waals surface area contributed by atoms with E-state index in [4.69, 9.17) is 17.3 Å². The molecule has 0 heterocycles. The van der Waals surface area contributed by atoms with Crippen molar-refractivity contribution in [3.63, 3.8) is 0 Å². The van der Waals surface area contributed by atoms with Crippen LogP contribution in [0.2, 0.25) is 5.02 Å². The highest BCUT2D eigenvalue weighted by Crippen LogP contribution is 2.21. The minimum Gasteiger partial charge on any atom is -0.398 e. The number of amides is 1. The van der Waals surface area contributed by atoms with E-state index >= 15 is 0 Å². The predicted molar refractivity (Wildman–Crippen MR) is 85.9 cm³/mol. The number of hydrogen-bond donors (Lipinski definition) is 2. The third kappa shape index (κ3) is 3.52. The van der Waals surface area contributed by atoms with Crippen molar-refractivity contribution in [2.45, 2.75) is 13.0 Å². The first kappa shape index (κ1) is 14.9. The third-order valence-electron chi connectivity index (χ3n) is 2.98. The molecule has 20 heavy (non-hydrogen) atoms. The first-order valence-electron chi connectivity index (χ1n) is 6.08. The van der Waals surface area contributed by atoms with Crippen LogP contribution in [0.15, 0.2) is 46.9 Å². The molecule has 0 saturated heterocycles. The van der Waals surface area contributed by atoms with Gasteiger partial charge in [0.25, 0.3) is 5.91 Å². The number of anilines is 1. The van der Waals surface area contributed by atoms with E-state index in [2.05, 4.69) is 21.2 Å². The van der Waals surface area contributed by atoms with Gasteiger partial charge in [-0.25, -0.2) is 0 Å². The van der Waals surface area contributed by atoms with Gasteiger partial charge < -0.3 is 11.1 Å². The molecule has 0 bridgehead atoms. The number of carbonyl (C=O) groups excluding carboxylic acids is 1. The Balaban J connectivity index is 2.10. The van der Waals surface area contributed by atoms with Crippen LogP contribution in [0, 0.1) is 0 Å². The van der Waals surface area contributed by atoms with Crippen LogP contribution in [0.4, 0.5) is 5.69 Å². The van der Waals surface area contributed by atoms with Crippen molar-refractivity contribution in [1.82, 2.24) is 5.32 Å². The van der Waals surface area contributed by atoms with Gasteiger partial charge in [0.2, 0.25) is 0 Å². The van der Waals surface area contributed by atoms with Crippen LogP contribution < -0.4 is 11.1 Å². The van der Waals surface area contributed by atoms with Gasteiger partial charge in [-0.15, -0.1) is 0 Å². The van der Waals surface area contributed by atoms with Crippen LogP contribution >= 0.6 is 27.5 Å². The molecule has 0 aliphatic rings. The van der Waals surface area contributed by atoms with Crippen LogP contribution in [-0.4, -0.2) is 5.91 Å². The molecule has 1 amide bonds. The monoisotopic (exact) mass is 352 g/mol. The van der Waals surface area contributed by atoms with Crippen LogP contribution in [0.5, 0.6) is 0 Å². The standard InChI is InChI=1S/C15H14BrClN2O/c1-9(10-2-5-12(17)6-3-10)19-15(20)11-4-7-14(18)13(16)8-11/h2-9H,18H2,1H3,(H,19,20). The van der Waals surface area contributed by atoms with Gasteiger partial charge in [0.05, 0.1) is 6.04 Å². The van der Waals surface area contributed by atoms with Crippen LogP contribution in [0.3, 0.4) is 0 Å². The Morgan fingerprint density at radius 3 is 2.50 bits per heavy atom. The number of halogens is 2. The van der Waals surface area contributed by atoms with E-state index in [0.29, 0.717) is 20.7 Å². The zero-order valence-corrected chi connectivity index (χ0v) is 13.2. The average molecular weight is 354 g/mol. The van der Waals surface area contributed by atoms with E-state index < -0.39 is 0 Å². The average Bonchev–Trinajstić information content (AvgIpc) is 2.42. The van der Waals surface area contributed by atoms with Gasteiger partial charge in [-0.1, -0.05) is 23.7 Å². The second kappa shape index (κ2) is 6.29. The molecule has 104 valence electrons. The fourth-order valence-corrected chi connectivity index (χ4v) is 2.29. The maximum atomic E-state index is 12.2. The first-order chi connectivity index (χ1) is 9.47. The molecule has 0 radical (unpaired) electrons. The summed E-state index contributed by atoms with van der Waals surface area (Å²) < 4.78 is 0.712. The zero-order valence-electron chi connectivity index (χ0n) is 10.9. The van der Waals surface area contributed by atoms with Gasteiger partial charge in [-0.3, -0.25) is 4.79 Å². The number of nitrogens with one attached hydrogen (secondary N) is 1. The molecule has 0 spiro atoms. The maximum Gasteiger partial charge on any atom is 0.251 e. The van der Waals surface area contributed by atoms with Gasteiger partial charge >= 0.3 is 0 Å². The van der Waals surface area contributed by atoms with Crippen LogP contribution in [0.25, 0.3) is 0 Å². The first-order valence-corrected chi connectivity index (χ1v) is 7.26. The summed E-state index contributed by atoms with van der Waals surface area (Å²) >= 11 is 9.16. The van der Waals surface area contributed by atoms with Gasteiger partial charge in [0, 0.05) is 20.7 Å². The number of hydrogen-bond acceptors (Lipinski definition) is 2. The summed E-state index contributed by atoms with van der Waals surface area (Å²) in [7, 11) is 0. The molecular formula is C15H14BrClN2O. The zero-order chi connectivity index (χ0) is 14.7. The lowest BCUT2D eigenvalue weighted by atomic mass is 10.1. The Bertz CT molecular complexity index is 628. The van der Waals surface area contributed by atoms with Crippen LogP contribution in [0.1, 0.15) is 28.9 Å². The molecule has 5 heteroatoms. The lowest BCUT2D eigenvalue weighted by Crippen LogP contribution is -2.26. The summed E-state index contributed by atoms with van der Waals surface area (Å²) in [6.07, 6.45) is 0. The number of rotatable bonds is 3. The maximum absolute atomic E-state index is 12.2. The van der Waals surface area contributed by atoms with Crippen molar-refractivity contribution >= 4 is 39.1 Å². The SMILES string of the molecule is CC(NC(=O)c1ccc(N)c(Br)c1)c1ccc(Cl)cc1. The Labute approximate surface area is 131 Å². The van der Waals surface area contributed by atoms with Crippen molar-refractivity contribution in [3.05, 3.63) is 63.1 Å². The van der Waals surface area contributed by atoms with E-state index in [0.717, 1.165) is 5.56 Å². The smallest absolute Gasteiger partial charge is 0.251 e. The topological polar surface area (TPSA) is 55.1 Å². The summed E-state index contributed by atoms with van der Waals surface area (Å²) in [5.41, 5.74) is 7.87. The van der Waals surface area contributed by atoms with Crippen molar-refractivity contribution < 1.29 is 4.79 Å².